The standard InChI is InChI=1S/C35H58O5/c1-7-22(2)32(38)39-25-14-18-34(5)24(20-25)21-29(36)31-27-12-11-26(35(27,6)19-15-28(31)34)23(3)10-13-30(37)40-33(4)16-8-9-17-33/h22-29,31,36H,7-21H2,1-6H3. The van der Waals surface area contributed by atoms with E-state index in [0.29, 0.717) is 41.9 Å². The Morgan fingerprint density at radius 1 is 0.900 bits per heavy atom. The number of hydrogen-bond donors (Lipinski definition) is 1. The van der Waals surface area contributed by atoms with Crippen LogP contribution in [0.25, 0.3) is 0 Å². The zero-order chi connectivity index (χ0) is 28.9. The molecule has 0 aromatic heterocycles. The maximum absolute atomic E-state index is 12.7. The van der Waals surface area contributed by atoms with Crippen molar-refractivity contribution in [2.45, 2.75) is 156 Å². The van der Waals surface area contributed by atoms with E-state index in [4.69, 9.17) is 9.47 Å². The van der Waals surface area contributed by atoms with Crippen molar-refractivity contribution in [3.8, 4) is 0 Å². The number of carbonyl (C=O) groups excluding carboxylic acids is 2. The molecule has 1 N–H and O–H groups in total. The smallest absolute Gasteiger partial charge is 0.308 e. The first-order chi connectivity index (χ1) is 18.9. The van der Waals surface area contributed by atoms with Gasteiger partial charge in [-0.05, 0) is 143 Å². The summed E-state index contributed by atoms with van der Waals surface area (Å²) in [5.41, 5.74) is 0.242. The average molecular weight is 559 g/mol. The number of aliphatic hydroxyl groups is 1. The van der Waals surface area contributed by atoms with Crippen LogP contribution in [0.4, 0.5) is 0 Å². The van der Waals surface area contributed by atoms with Crippen molar-refractivity contribution in [2.24, 2.45) is 52.3 Å². The first-order valence-electron chi connectivity index (χ1n) is 17.0. The Balaban J connectivity index is 1.21. The summed E-state index contributed by atoms with van der Waals surface area (Å²) in [6, 6.07) is 0. The van der Waals surface area contributed by atoms with Crippen LogP contribution in [0.3, 0.4) is 0 Å². The highest BCUT2D eigenvalue weighted by molar-refractivity contribution is 5.72. The van der Waals surface area contributed by atoms with Crippen molar-refractivity contribution in [3.63, 3.8) is 0 Å². The molecule has 0 aliphatic heterocycles. The largest absolute Gasteiger partial charge is 0.462 e. The molecule has 0 amide bonds. The normalized spacial score (nSPS) is 43.6. The minimum absolute atomic E-state index is 0.00763. The fourth-order valence-electron chi connectivity index (χ4n) is 10.8. The van der Waals surface area contributed by atoms with Crippen LogP contribution in [-0.2, 0) is 19.1 Å². The Morgan fingerprint density at radius 2 is 1.57 bits per heavy atom. The molecule has 0 aromatic rings. The molecule has 0 bridgehead atoms. The molecule has 5 heteroatoms. The monoisotopic (exact) mass is 558 g/mol. The molecule has 11 atom stereocenters. The number of fused-ring (bicyclic) bond motifs is 5. The second-order valence-corrected chi connectivity index (χ2v) is 15.8. The molecule has 0 aromatic carbocycles. The highest BCUT2D eigenvalue weighted by Gasteiger charge is 2.63. The van der Waals surface area contributed by atoms with Crippen molar-refractivity contribution in [2.75, 3.05) is 0 Å². The summed E-state index contributed by atoms with van der Waals surface area (Å²) in [4.78, 5) is 25.2. The lowest BCUT2D eigenvalue weighted by Gasteiger charge is -2.62. The highest BCUT2D eigenvalue weighted by Crippen LogP contribution is 2.68. The first kappa shape index (κ1) is 30.4. The van der Waals surface area contributed by atoms with Crippen LogP contribution < -0.4 is 0 Å². The predicted molar refractivity (Wildman–Crippen MR) is 157 cm³/mol. The van der Waals surface area contributed by atoms with Crippen LogP contribution in [0.15, 0.2) is 0 Å². The predicted octanol–water partition coefficient (Wildman–Crippen LogP) is 7.87. The van der Waals surface area contributed by atoms with Crippen LogP contribution in [0.1, 0.15) is 138 Å². The molecular formula is C35H58O5. The number of hydrogen-bond acceptors (Lipinski definition) is 5. The number of rotatable bonds is 8. The Bertz CT molecular complexity index is 925. The van der Waals surface area contributed by atoms with Gasteiger partial charge in [-0.25, -0.2) is 0 Å². The maximum Gasteiger partial charge on any atom is 0.308 e. The molecule has 5 aliphatic carbocycles. The Hall–Kier alpha value is -1.10. The van der Waals surface area contributed by atoms with Crippen molar-refractivity contribution in [1.29, 1.82) is 0 Å². The fraction of sp³-hybridized carbons (Fsp3) is 0.943. The van der Waals surface area contributed by atoms with Crippen LogP contribution in [0.2, 0.25) is 0 Å². The molecule has 5 fully saturated rings. The van der Waals surface area contributed by atoms with Gasteiger partial charge in [0.25, 0.3) is 0 Å². The summed E-state index contributed by atoms with van der Waals surface area (Å²) in [6.45, 7) is 13.5. The average Bonchev–Trinajstić information content (AvgIpc) is 3.50. The van der Waals surface area contributed by atoms with E-state index >= 15 is 0 Å². The van der Waals surface area contributed by atoms with E-state index < -0.39 is 0 Å². The SMILES string of the molecule is CCC(C)C(=O)OC1CCC2(C)C(C1)CC(O)C1C2CCC2(C)C(C(C)CCC(=O)OC3(C)CCCC3)CCC12. The third-order valence-corrected chi connectivity index (χ3v) is 13.5. The lowest BCUT2D eigenvalue weighted by molar-refractivity contribution is -0.184. The second kappa shape index (κ2) is 11.5. The van der Waals surface area contributed by atoms with Crippen molar-refractivity contribution >= 4 is 11.9 Å². The van der Waals surface area contributed by atoms with Crippen LogP contribution in [0, 0.1) is 52.3 Å². The number of esters is 2. The van der Waals surface area contributed by atoms with E-state index in [1.54, 1.807) is 0 Å². The third kappa shape index (κ3) is 5.51. The minimum atomic E-state index is -0.257. The summed E-state index contributed by atoms with van der Waals surface area (Å²) in [5.74, 6) is 2.95. The Labute approximate surface area is 243 Å². The fourth-order valence-corrected chi connectivity index (χ4v) is 10.8. The second-order valence-electron chi connectivity index (χ2n) is 15.8. The van der Waals surface area contributed by atoms with E-state index in [9.17, 15) is 14.7 Å². The maximum atomic E-state index is 12.7. The van der Waals surface area contributed by atoms with Crippen molar-refractivity contribution < 1.29 is 24.2 Å². The molecule has 11 unspecified atom stereocenters. The van der Waals surface area contributed by atoms with Crippen LogP contribution in [-0.4, -0.2) is 34.9 Å². The van der Waals surface area contributed by atoms with E-state index in [2.05, 4.69) is 27.7 Å². The van der Waals surface area contributed by atoms with Gasteiger partial charge >= 0.3 is 11.9 Å². The van der Waals surface area contributed by atoms with E-state index in [-0.39, 0.29) is 46.5 Å². The van der Waals surface area contributed by atoms with Gasteiger partial charge < -0.3 is 14.6 Å². The van der Waals surface area contributed by atoms with Gasteiger partial charge in [-0.3, -0.25) is 9.59 Å². The van der Waals surface area contributed by atoms with Gasteiger partial charge in [0.15, 0.2) is 0 Å². The van der Waals surface area contributed by atoms with Gasteiger partial charge in [0.05, 0.1) is 12.0 Å². The van der Waals surface area contributed by atoms with Gasteiger partial charge in [0, 0.05) is 6.42 Å². The summed E-state index contributed by atoms with van der Waals surface area (Å²) < 4.78 is 11.9. The van der Waals surface area contributed by atoms with Crippen LogP contribution in [0.5, 0.6) is 0 Å². The number of ether oxygens (including phenoxy) is 2. The van der Waals surface area contributed by atoms with Crippen LogP contribution >= 0.6 is 0 Å². The minimum Gasteiger partial charge on any atom is -0.462 e. The van der Waals surface area contributed by atoms with E-state index in [0.717, 1.165) is 51.4 Å². The Morgan fingerprint density at radius 3 is 2.27 bits per heavy atom. The molecule has 5 nitrogen and oxygen atoms in total. The zero-order valence-electron chi connectivity index (χ0n) is 26.4. The summed E-state index contributed by atoms with van der Waals surface area (Å²) in [7, 11) is 0. The molecule has 5 saturated carbocycles. The molecule has 228 valence electrons. The lowest BCUT2D eigenvalue weighted by Crippen LogP contribution is -2.58. The summed E-state index contributed by atoms with van der Waals surface area (Å²) in [6.07, 6.45) is 15.1. The molecule has 5 rings (SSSR count). The molecule has 5 aliphatic rings. The molecule has 0 heterocycles. The first-order valence-corrected chi connectivity index (χ1v) is 17.0. The lowest BCUT2D eigenvalue weighted by atomic mass is 9.43. The van der Waals surface area contributed by atoms with Crippen molar-refractivity contribution in [3.05, 3.63) is 0 Å². The van der Waals surface area contributed by atoms with Gasteiger partial charge in [0.2, 0.25) is 0 Å². The van der Waals surface area contributed by atoms with Gasteiger partial charge in [-0.15, -0.1) is 0 Å². The molecule has 0 radical (unpaired) electrons. The van der Waals surface area contributed by atoms with Gasteiger partial charge in [-0.1, -0.05) is 34.6 Å². The number of aliphatic hydroxyl groups excluding tert-OH is 1. The van der Waals surface area contributed by atoms with Gasteiger partial charge in [0.1, 0.15) is 11.7 Å². The topological polar surface area (TPSA) is 72.8 Å². The molecule has 0 spiro atoms. The van der Waals surface area contributed by atoms with E-state index in [1.807, 2.05) is 13.8 Å². The Kier molecular flexibility index (Phi) is 8.75. The van der Waals surface area contributed by atoms with Crippen molar-refractivity contribution in [1.82, 2.24) is 0 Å². The molecule has 0 saturated heterocycles. The number of carbonyl (C=O) groups is 2. The van der Waals surface area contributed by atoms with E-state index in [1.165, 1.54) is 38.5 Å². The summed E-state index contributed by atoms with van der Waals surface area (Å²) >= 11 is 0. The summed E-state index contributed by atoms with van der Waals surface area (Å²) in [5, 5.41) is 11.7. The third-order valence-electron chi connectivity index (χ3n) is 13.5. The highest BCUT2D eigenvalue weighted by atomic mass is 16.6. The zero-order valence-corrected chi connectivity index (χ0v) is 26.4. The van der Waals surface area contributed by atoms with Gasteiger partial charge in [-0.2, -0.15) is 0 Å². The molecular weight excluding hydrogens is 500 g/mol. The quantitative estimate of drug-likeness (QED) is 0.307. The molecule has 40 heavy (non-hydrogen) atoms.